The fourth-order valence-electron chi connectivity index (χ4n) is 1.87. The molecule has 1 N–H and O–H groups in total. The Morgan fingerprint density at radius 2 is 1.94 bits per heavy atom. The Balaban J connectivity index is 2.61. The average Bonchev–Trinajstić information content (AvgIpc) is 2.87. The monoisotopic (exact) mass is 255 g/mol. The number of ether oxygens (including phenoxy) is 2. The van der Waals surface area contributed by atoms with E-state index in [0.717, 1.165) is 24.9 Å². The lowest BCUT2D eigenvalue weighted by molar-refractivity contribution is -0.153. The Hall–Kier alpha value is -0.840. The zero-order chi connectivity index (χ0) is 13.2. The molecule has 1 unspecified atom stereocenters. The van der Waals surface area contributed by atoms with Crippen LogP contribution in [0.3, 0.4) is 0 Å². The minimum Gasteiger partial charge on any atom is -0.472 e. The zero-order valence-corrected chi connectivity index (χ0v) is 11.6. The third kappa shape index (κ3) is 5.21. The van der Waals surface area contributed by atoms with Crippen LogP contribution < -0.4 is 5.32 Å². The molecule has 4 nitrogen and oxygen atoms in total. The van der Waals surface area contributed by atoms with Gasteiger partial charge in [-0.25, -0.2) is 0 Å². The summed E-state index contributed by atoms with van der Waals surface area (Å²) < 4.78 is 16.5. The Kier molecular flexibility index (Phi) is 7.73. The second-order valence-corrected chi connectivity index (χ2v) is 4.18. The lowest BCUT2D eigenvalue weighted by atomic mass is 10.1. The molecule has 18 heavy (non-hydrogen) atoms. The molecule has 0 aliphatic carbocycles. The molecule has 0 aliphatic heterocycles. The molecule has 0 radical (unpaired) electrons. The van der Waals surface area contributed by atoms with Crippen molar-refractivity contribution in [3.05, 3.63) is 24.2 Å². The fourth-order valence-corrected chi connectivity index (χ4v) is 1.87. The third-order valence-corrected chi connectivity index (χ3v) is 2.68. The Bertz CT molecular complexity index is 281. The van der Waals surface area contributed by atoms with Crippen molar-refractivity contribution in [2.75, 3.05) is 19.8 Å². The van der Waals surface area contributed by atoms with E-state index in [-0.39, 0.29) is 12.3 Å². The molecule has 4 heteroatoms. The Labute approximate surface area is 110 Å². The van der Waals surface area contributed by atoms with E-state index in [1.165, 1.54) is 0 Å². The maximum Gasteiger partial charge on any atom is 0.172 e. The Morgan fingerprint density at radius 3 is 2.44 bits per heavy atom. The van der Waals surface area contributed by atoms with E-state index < -0.39 is 0 Å². The van der Waals surface area contributed by atoms with Gasteiger partial charge in [-0.1, -0.05) is 6.92 Å². The largest absolute Gasteiger partial charge is 0.472 e. The summed E-state index contributed by atoms with van der Waals surface area (Å²) >= 11 is 0. The molecule has 0 bridgehead atoms. The van der Waals surface area contributed by atoms with Crippen LogP contribution in [-0.2, 0) is 15.9 Å². The smallest absolute Gasteiger partial charge is 0.172 e. The molecule has 1 atom stereocenters. The van der Waals surface area contributed by atoms with Gasteiger partial charge in [-0.3, -0.25) is 0 Å². The van der Waals surface area contributed by atoms with Gasteiger partial charge in [0, 0.05) is 13.2 Å². The topological polar surface area (TPSA) is 43.6 Å². The molecule has 0 aromatic carbocycles. The highest BCUT2D eigenvalue weighted by Crippen LogP contribution is 2.11. The van der Waals surface area contributed by atoms with Gasteiger partial charge in [-0.2, -0.15) is 0 Å². The van der Waals surface area contributed by atoms with Gasteiger partial charge in [0.2, 0.25) is 0 Å². The van der Waals surface area contributed by atoms with E-state index in [2.05, 4.69) is 12.2 Å². The first-order chi connectivity index (χ1) is 8.81. The van der Waals surface area contributed by atoms with Gasteiger partial charge in [0.05, 0.1) is 18.6 Å². The van der Waals surface area contributed by atoms with Gasteiger partial charge >= 0.3 is 0 Å². The van der Waals surface area contributed by atoms with Gasteiger partial charge in [-0.05, 0) is 44.9 Å². The lowest BCUT2D eigenvalue weighted by Crippen LogP contribution is -2.45. The lowest BCUT2D eigenvalue weighted by Gasteiger charge is -2.27. The second kappa shape index (κ2) is 9.14. The molecule has 1 aromatic rings. The van der Waals surface area contributed by atoms with Gasteiger partial charge in [0.15, 0.2) is 6.29 Å². The van der Waals surface area contributed by atoms with Crippen molar-refractivity contribution in [1.29, 1.82) is 0 Å². The summed E-state index contributed by atoms with van der Waals surface area (Å²) in [5.41, 5.74) is 1.16. The predicted molar refractivity (Wildman–Crippen MR) is 71.5 cm³/mol. The highest BCUT2D eigenvalue weighted by atomic mass is 16.7. The second-order valence-electron chi connectivity index (χ2n) is 4.18. The van der Waals surface area contributed by atoms with Crippen molar-refractivity contribution in [2.45, 2.75) is 45.9 Å². The molecular formula is C14H25NO3. The van der Waals surface area contributed by atoms with E-state index in [1.54, 1.807) is 12.5 Å². The average molecular weight is 255 g/mol. The molecular weight excluding hydrogens is 230 g/mol. The normalized spacial score (nSPS) is 13.1. The molecule has 1 heterocycles. The van der Waals surface area contributed by atoms with Gasteiger partial charge in [-0.15, -0.1) is 0 Å². The molecule has 0 amide bonds. The standard InChI is InChI=1S/C14H25NO3/c1-4-8-15-13(10-12-7-9-16-11-12)14(17-5-2)18-6-3/h7,9,11,13-15H,4-6,8,10H2,1-3H3. The van der Waals surface area contributed by atoms with Crippen LogP contribution >= 0.6 is 0 Å². The van der Waals surface area contributed by atoms with E-state index >= 15 is 0 Å². The first-order valence-electron chi connectivity index (χ1n) is 6.79. The minimum absolute atomic E-state index is 0.155. The molecule has 0 aliphatic rings. The van der Waals surface area contributed by atoms with Crippen molar-refractivity contribution < 1.29 is 13.9 Å². The maximum absolute atomic E-state index is 5.68. The van der Waals surface area contributed by atoms with Crippen LogP contribution in [0, 0.1) is 0 Å². The van der Waals surface area contributed by atoms with Crippen molar-refractivity contribution in [3.63, 3.8) is 0 Å². The zero-order valence-electron chi connectivity index (χ0n) is 11.6. The maximum atomic E-state index is 5.68. The van der Waals surface area contributed by atoms with Crippen LogP contribution in [0.25, 0.3) is 0 Å². The van der Waals surface area contributed by atoms with Crippen LogP contribution in [0.2, 0.25) is 0 Å². The summed E-state index contributed by atoms with van der Waals surface area (Å²) in [5, 5.41) is 3.49. The molecule has 1 rings (SSSR count). The SMILES string of the molecule is CCCNC(Cc1ccoc1)C(OCC)OCC. The van der Waals surface area contributed by atoms with Gasteiger partial charge < -0.3 is 19.2 Å². The van der Waals surface area contributed by atoms with Crippen molar-refractivity contribution in [1.82, 2.24) is 5.32 Å². The van der Waals surface area contributed by atoms with E-state index in [9.17, 15) is 0 Å². The van der Waals surface area contributed by atoms with Crippen molar-refractivity contribution >= 4 is 0 Å². The highest BCUT2D eigenvalue weighted by molar-refractivity contribution is 5.07. The van der Waals surface area contributed by atoms with Crippen molar-refractivity contribution in [3.8, 4) is 0 Å². The summed E-state index contributed by atoms with van der Waals surface area (Å²) in [6.45, 7) is 8.39. The molecule has 0 fully saturated rings. The third-order valence-electron chi connectivity index (χ3n) is 2.68. The summed E-state index contributed by atoms with van der Waals surface area (Å²) in [7, 11) is 0. The summed E-state index contributed by atoms with van der Waals surface area (Å²) in [4.78, 5) is 0. The van der Waals surface area contributed by atoms with Crippen LogP contribution in [0.1, 0.15) is 32.8 Å². The van der Waals surface area contributed by atoms with Crippen LogP contribution in [0.5, 0.6) is 0 Å². The number of hydrogen-bond donors (Lipinski definition) is 1. The molecule has 0 saturated carbocycles. The van der Waals surface area contributed by atoms with Crippen LogP contribution in [0.15, 0.2) is 23.0 Å². The minimum atomic E-state index is -0.207. The number of hydrogen-bond acceptors (Lipinski definition) is 4. The number of furan rings is 1. The van der Waals surface area contributed by atoms with Gasteiger partial charge in [0.25, 0.3) is 0 Å². The first-order valence-corrected chi connectivity index (χ1v) is 6.79. The number of rotatable bonds is 10. The highest BCUT2D eigenvalue weighted by Gasteiger charge is 2.22. The van der Waals surface area contributed by atoms with E-state index in [0.29, 0.717) is 13.2 Å². The molecule has 104 valence electrons. The summed E-state index contributed by atoms with van der Waals surface area (Å²) in [6, 6.07) is 2.14. The molecule has 0 saturated heterocycles. The first kappa shape index (κ1) is 15.2. The molecule has 0 spiro atoms. The summed E-state index contributed by atoms with van der Waals surface area (Å²) in [6.07, 6.45) is 5.20. The van der Waals surface area contributed by atoms with Crippen LogP contribution in [0.4, 0.5) is 0 Å². The van der Waals surface area contributed by atoms with E-state index in [1.807, 2.05) is 19.9 Å². The predicted octanol–water partition coefficient (Wildman–Crippen LogP) is 2.59. The van der Waals surface area contributed by atoms with E-state index in [4.69, 9.17) is 13.9 Å². The Morgan fingerprint density at radius 1 is 1.22 bits per heavy atom. The fraction of sp³-hybridized carbons (Fsp3) is 0.714. The molecule has 1 aromatic heterocycles. The summed E-state index contributed by atoms with van der Waals surface area (Å²) in [5.74, 6) is 0. The van der Waals surface area contributed by atoms with Gasteiger partial charge in [0.1, 0.15) is 0 Å². The van der Waals surface area contributed by atoms with Crippen LogP contribution in [-0.4, -0.2) is 32.1 Å². The quantitative estimate of drug-likeness (QED) is 0.653. The van der Waals surface area contributed by atoms with Crippen molar-refractivity contribution in [2.24, 2.45) is 0 Å². The number of nitrogens with one attached hydrogen (secondary N) is 1.